The van der Waals surface area contributed by atoms with Gasteiger partial charge in [-0.3, -0.25) is 9.13 Å². The molecular formula is C82H58N4Si2. The van der Waals surface area contributed by atoms with Crippen molar-refractivity contribution in [2.24, 2.45) is 0 Å². The zero-order valence-corrected chi connectivity index (χ0v) is 50.3. The van der Waals surface area contributed by atoms with E-state index in [0.717, 1.165) is 66.3 Å². The molecule has 0 aliphatic heterocycles. The summed E-state index contributed by atoms with van der Waals surface area (Å²) in [5.74, 6) is 1.36. The maximum atomic E-state index is 6.00. The second kappa shape index (κ2) is 22.1. The van der Waals surface area contributed by atoms with Gasteiger partial charge in [-0.05, 0) is 94.1 Å². The molecule has 0 saturated carbocycles. The maximum absolute atomic E-state index is 6.00. The summed E-state index contributed by atoms with van der Waals surface area (Å²) in [7, 11) is -6.67. The van der Waals surface area contributed by atoms with Crippen LogP contribution in [-0.4, -0.2) is 35.2 Å². The van der Waals surface area contributed by atoms with Crippen LogP contribution < -0.4 is 41.5 Å². The smallest absolute Gasteiger partial charge is 0.237 e. The standard InChI is InChI=1S/C82H58N4Si2/c1-8-29-59(30-9-1)61-33-28-44-69(53-61)88(67-40-18-6-19-41-67,68-42-20-7-21-43-68)71-55-63(54-70(57-71)87(64-34-12-3-13-35-64,65-36-14-4-15-37-65)66-38-16-5-17-39-66)76-58-81(85-77-48-25-22-45-72(77)73-46-23-26-49-78(73)85)84-82(83-76)86-79-50-27-24-47-74(79)75-56-62(51-52-80(75)86)60-31-10-2-11-32-60/h1-58H. The fraction of sp³-hybridized carbons (Fsp3) is 0. The lowest BCUT2D eigenvalue weighted by atomic mass is 10.0. The van der Waals surface area contributed by atoms with Gasteiger partial charge < -0.3 is 0 Å². The molecule has 3 aromatic heterocycles. The second-order valence-electron chi connectivity index (χ2n) is 22.8. The Kier molecular flexibility index (Phi) is 13.2. The highest BCUT2D eigenvalue weighted by molar-refractivity contribution is 7.22. The molecule has 0 spiro atoms. The molecule has 0 saturated heterocycles. The second-order valence-corrected chi connectivity index (χ2v) is 30.4. The van der Waals surface area contributed by atoms with Crippen molar-refractivity contribution in [3.63, 3.8) is 0 Å². The topological polar surface area (TPSA) is 35.6 Å². The predicted octanol–water partition coefficient (Wildman–Crippen LogP) is 14.4. The lowest BCUT2D eigenvalue weighted by molar-refractivity contribution is 0.952. The average Bonchev–Trinajstić information content (AvgIpc) is 1.09. The zero-order valence-electron chi connectivity index (χ0n) is 48.3. The average molecular weight is 1160 g/mol. The van der Waals surface area contributed by atoms with Gasteiger partial charge >= 0.3 is 0 Å². The maximum Gasteiger partial charge on any atom is 0.237 e. The van der Waals surface area contributed by atoms with E-state index in [9.17, 15) is 0 Å². The first-order chi connectivity index (χ1) is 43.6. The fourth-order valence-electron chi connectivity index (χ4n) is 14.2. The van der Waals surface area contributed by atoms with E-state index in [1.807, 2.05) is 0 Å². The summed E-state index contributed by atoms with van der Waals surface area (Å²) in [5, 5.41) is 14.9. The molecule has 13 aromatic carbocycles. The van der Waals surface area contributed by atoms with Crippen LogP contribution in [-0.2, 0) is 0 Å². The Morgan fingerprint density at radius 2 is 0.545 bits per heavy atom. The van der Waals surface area contributed by atoms with Gasteiger partial charge in [-0.1, -0.05) is 315 Å². The van der Waals surface area contributed by atoms with Crippen LogP contribution in [0.5, 0.6) is 0 Å². The highest BCUT2D eigenvalue weighted by Gasteiger charge is 2.46. The van der Waals surface area contributed by atoms with Crippen molar-refractivity contribution >= 4 is 101 Å². The van der Waals surface area contributed by atoms with E-state index in [1.54, 1.807) is 0 Å². The molecule has 0 aliphatic carbocycles. The molecule has 0 N–H and O–H groups in total. The molecule has 0 aliphatic rings. The van der Waals surface area contributed by atoms with Crippen LogP contribution in [0.15, 0.2) is 352 Å². The highest BCUT2D eigenvalue weighted by Crippen LogP contribution is 2.37. The highest BCUT2D eigenvalue weighted by atomic mass is 28.3. The van der Waals surface area contributed by atoms with E-state index in [-0.39, 0.29) is 0 Å². The van der Waals surface area contributed by atoms with Crippen molar-refractivity contribution in [2.75, 3.05) is 0 Å². The van der Waals surface area contributed by atoms with Gasteiger partial charge in [-0.15, -0.1) is 0 Å². The summed E-state index contributed by atoms with van der Waals surface area (Å²) in [6.45, 7) is 0. The molecule has 6 heteroatoms. The Hall–Kier alpha value is -11.0. The Morgan fingerprint density at radius 3 is 1.01 bits per heavy atom. The minimum atomic E-state index is -3.39. The molecule has 16 rings (SSSR count). The third-order valence-electron chi connectivity index (χ3n) is 18.0. The molecule has 0 radical (unpaired) electrons. The molecule has 4 nitrogen and oxygen atoms in total. The van der Waals surface area contributed by atoms with Gasteiger partial charge in [0.15, 0.2) is 16.1 Å². The first-order valence-electron chi connectivity index (χ1n) is 30.2. The van der Waals surface area contributed by atoms with E-state index in [1.165, 1.54) is 58.2 Å². The van der Waals surface area contributed by atoms with Crippen LogP contribution in [0, 0.1) is 0 Å². The molecule has 88 heavy (non-hydrogen) atoms. The van der Waals surface area contributed by atoms with E-state index < -0.39 is 16.1 Å². The molecular weight excluding hydrogens is 1100 g/mol. The molecule has 414 valence electrons. The lowest BCUT2D eigenvalue weighted by Gasteiger charge is -2.38. The quantitative estimate of drug-likeness (QED) is 0.0852. The van der Waals surface area contributed by atoms with E-state index >= 15 is 0 Å². The summed E-state index contributed by atoms with van der Waals surface area (Å²) in [6.07, 6.45) is 0. The van der Waals surface area contributed by atoms with Crippen LogP contribution in [0.1, 0.15) is 0 Å². The van der Waals surface area contributed by atoms with Crippen molar-refractivity contribution in [2.45, 2.75) is 0 Å². The largest absolute Gasteiger partial charge is 0.294 e. The Labute approximate surface area is 514 Å². The number of fused-ring (bicyclic) bond motifs is 6. The molecule has 0 fully saturated rings. The van der Waals surface area contributed by atoms with Crippen LogP contribution in [0.4, 0.5) is 0 Å². The van der Waals surface area contributed by atoms with Crippen molar-refractivity contribution in [3.05, 3.63) is 352 Å². The Balaban J connectivity index is 1.08. The van der Waals surface area contributed by atoms with E-state index in [2.05, 4.69) is 361 Å². The predicted molar refractivity (Wildman–Crippen MR) is 374 cm³/mol. The summed E-state index contributed by atoms with van der Waals surface area (Å²) in [4.78, 5) is 11.8. The van der Waals surface area contributed by atoms with Crippen LogP contribution >= 0.6 is 0 Å². The minimum absolute atomic E-state index is 0.586. The summed E-state index contributed by atoms with van der Waals surface area (Å²) in [5.41, 5.74) is 10.7. The van der Waals surface area contributed by atoms with Crippen molar-refractivity contribution in [3.8, 4) is 45.3 Å². The third kappa shape index (κ3) is 8.71. The zero-order chi connectivity index (χ0) is 58.4. The van der Waals surface area contributed by atoms with E-state index in [4.69, 9.17) is 9.97 Å². The number of para-hydroxylation sites is 3. The number of hydrogen-bond acceptors (Lipinski definition) is 2. The Morgan fingerprint density at radius 1 is 0.205 bits per heavy atom. The number of nitrogens with zero attached hydrogens (tertiary/aromatic N) is 4. The van der Waals surface area contributed by atoms with Crippen molar-refractivity contribution in [1.29, 1.82) is 0 Å². The van der Waals surface area contributed by atoms with Gasteiger partial charge in [0.25, 0.3) is 0 Å². The first-order valence-corrected chi connectivity index (χ1v) is 34.2. The summed E-state index contributed by atoms with van der Waals surface area (Å²) < 4.78 is 4.65. The van der Waals surface area contributed by atoms with Crippen LogP contribution in [0.25, 0.3) is 88.9 Å². The van der Waals surface area contributed by atoms with Gasteiger partial charge in [0.05, 0.1) is 27.8 Å². The van der Waals surface area contributed by atoms with E-state index in [0.29, 0.717) is 5.95 Å². The molecule has 16 aromatic rings. The number of benzene rings is 13. The van der Waals surface area contributed by atoms with Gasteiger partial charge in [0, 0.05) is 33.2 Å². The van der Waals surface area contributed by atoms with Gasteiger partial charge in [0.1, 0.15) is 5.82 Å². The summed E-state index contributed by atoms with van der Waals surface area (Å²) in [6, 6.07) is 131. The monoisotopic (exact) mass is 1150 g/mol. The summed E-state index contributed by atoms with van der Waals surface area (Å²) >= 11 is 0. The SMILES string of the molecule is c1ccc(-c2cccc([Si](c3ccccc3)(c3ccccc3)c3cc(-c4cc(-n5c6ccccc6c6ccccc65)nc(-n5c6ccccc6c6cc(-c7ccccc7)ccc65)n4)cc([Si](c4ccccc4)(c4ccccc4)c4ccccc4)c3)c2)cc1. The van der Waals surface area contributed by atoms with Crippen LogP contribution in [0.3, 0.4) is 0 Å². The molecule has 0 unspecified atom stereocenters. The van der Waals surface area contributed by atoms with Crippen LogP contribution in [0.2, 0.25) is 0 Å². The molecule has 3 heterocycles. The first kappa shape index (κ1) is 52.5. The number of hydrogen-bond donors (Lipinski definition) is 0. The molecule has 0 atom stereocenters. The Bertz CT molecular complexity index is 5000. The van der Waals surface area contributed by atoms with Gasteiger partial charge in [-0.25, -0.2) is 4.98 Å². The van der Waals surface area contributed by atoms with Gasteiger partial charge in [-0.2, -0.15) is 4.98 Å². The van der Waals surface area contributed by atoms with Gasteiger partial charge in [0.2, 0.25) is 5.95 Å². The number of rotatable bonds is 13. The minimum Gasteiger partial charge on any atom is -0.294 e. The van der Waals surface area contributed by atoms with Crippen molar-refractivity contribution in [1.82, 2.24) is 19.1 Å². The lowest BCUT2D eigenvalue weighted by Crippen LogP contribution is -2.78. The fourth-order valence-corrected chi connectivity index (χ4v) is 24.0. The van der Waals surface area contributed by atoms with Crippen molar-refractivity contribution < 1.29 is 0 Å². The third-order valence-corrected chi connectivity index (χ3v) is 27.5. The normalized spacial score (nSPS) is 11.9. The number of aromatic nitrogens is 4. The molecule has 0 bridgehead atoms. The molecule has 0 amide bonds.